The Balaban J connectivity index is 3.85. The minimum atomic E-state index is -0.261. The minimum absolute atomic E-state index is 0.261. The number of nitrogens with zero attached hydrogens (tertiary/aromatic N) is 2. The van der Waals surface area contributed by atoms with Gasteiger partial charge in [0.25, 0.3) is 11.8 Å². The molecule has 2 amide bonds. The Labute approximate surface area is 114 Å². The molecule has 0 aromatic carbocycles. The molecule has 0 rings (SSSR count). The molecule has 0 radical (unpaired) electrons. The Hall–Kier alpha value is -1.66. The lowest BCUT2D eigenvalue weighted by Gasteiger charge is -2.19. The first-order valence-corrected chi connectivity index (χ1v) is 6.06. The Kier molecular flexibility index (Phi) is 9.38. The lowest BCUT2D eigenvalue weighted by Crippen LogP contribution is -2.30. The van der Waals surface area contributed by atoms with Gasteiger partial charge < -0.3 is 0 Å². The van der Waals surface area contributed by atoms with E-state index in [0.29, 0.717) is 13.1 Å². The quantitative estimate of drug-likeness (QED) is 0.341. The second-order valence-electron chi connectivity index (χ2n) is 3.71. The fourth-order valence-electron chi connectivity index (χ4n) is 1.47. The van der Waals surface area contributed by atoms with Crippen LogP contribution in [0.4, 0.5) is 0 Å². The van der Waals surface area contributed by atoms with Crippen LogP contribution in [0.2, 0.25) is 0 Å². The molecule has 0 aliphatic heterocycles. The largest absolute Gasteiger partial charge is 0.274 e. The van der Waals surface area contributed by atoms with E-state index in [4.69, 9.17) is 9.68 Å². The first kappa shape index (κ1) is 17.3. The molecule has 0 unspecified atom stereocenters. The highest BCUT2D eigenvalue weighted by molar-refractivity contribution is 5.86. The van der Waals surface area contributed by atoms with Crippen LogP contribution < -0.4 is 0 Å². The average Bonchev–Trinajstić information content (AvgIpc) is 2.45. The van der Waals surface area contributed by atoms with Gasteiger partial charge in [0.1, 0.15) is 0 Å². The molecule has 0 aromatic heterocycles. The van der Waals surface area contributed by atoms with Gasteiger partial charge >= 0.3 is 0 Å². The smallest absolute Gasteiger partial charge is 0.269 e. The van der Waals surface area contributed by atoms with E-state index in [2.05, 4.69) is 13.2 Å². The molecule has 0 aromatic rings. The summed E-state index contributed by atoms with van der Waals surface area (Å²) >= 11 is 0. The Morgan fingerprint density at radius 2 is 1.26 bits per heavy atom. The van der Waals surface area contributed by atoms with Crippen LogP contribution in [-0.2, 0) is 19.3 Å². The molecule has 0 spiro atoms. The van der Waals surface area contributed by atoms with Gasteiger partial charge in [-0.25, -0.2) is 10.1 Å². The van der Waals surface area contributed by atoms with E-state index < -0.39 is 0 Å². The summed E-state index contributed by atoms with van der Waals surface area (Å²) in [5.41, 5.74) is 0. The van der Waals surface area contributed by atoms with Crippen molar-refractivity contribution in [2.45, 2.75) is 19.3 Å². The fourth-order valence-corrected chi connectivity index (χ4v) is 1.47. The topological polar surface area (TPSA) is 59.1 Å². The van der Waals surface area contributed by atoms with E-state index in [0.717, 1.165) is 19.3 Å². The molecule has 6 nitrogen and oxygen atoms in total. The Morgan fingerprint density at radius 3 is 1.53 bits per heavy atom. The van der Waals surface area contributed by atoms with Gasteiger partial charge in [-0.15, -0.1) is 0 Å². The molecule has 0 fully saturated rings. The van der Waals surface area contributed by atoms with Crippen molar-refractivity contribution in [3.63, 3.8) is 0 Å². The zero-order valence-electron chi connectivity index (χ0n) is 11.6. The Bertz CT molecular complexity index is 288. The summed E-state index contributed by atoms with van der Waals surface area (Å²) in [7, 11) is 2.88. The molecule has 0 atom stereocenters. The number of hydrogen-bond acceptors (Lipinski definition) is 4. The van der Waals surface area contributed by atoms with Crippen LogP contribution in [0, 0.1) is 0 Å². The number of hydroxylamine groups is 4. The van der Waals surface area contributed by atoms with Crippen molar-refractivity contribution in [3.8, 4) is 0 Å². The van der Waals surface area contributed by atoms with Crippen LogP contribution in [0.1, 0.15) is 19.3 Å². The van der Waals surface area contributed by atoms with Crippen molar-refractivity contribution in [3.05, 3.63) is 25.3 Å². The molecule has 0 heterocycles. The van der Waals surface area contributed by atoms with Crippen LogP contribution in [0.3, 0.4) is 0 Å². The SMILES string of the molecule is C=CC(=O)N(CCCCCN(OC)C(=O)C=C)OC. The highest BCUT2D eigenvalue weighted by atomic mass is 16.7. The van der Waals surface area contributed by atoms with Crippen molar-refractivity contribution >= 4 is 11.8 Å². The third-order valence-corrected chi connectivity index (χ3v) is 2.50. The van der Waals surface area contributed by atoms with E-state index in [-0.39, 0.29) is 11.8 Å². The van der Waals surface area contributed by atoms with Gasteiger partial charge in [0.05, 0.1) is 14.2 Å². The summed E-state index contributed by atoms with van der Waals surface area (Å²) < 4.78 is 0. The predicted octanol–water partition coefficient (Wildman–Crippen LogP) is 1.31. The van der Waals surface area contributed by atoms with E-state index in [1.54, 1.807) is 0 Å². The second-order valence-corrected chi connectivity index (χ2v) is 3.71. The normalized spacial score (nSPS) is 9.79. The van der Waals surface area contributed by atoms with Gasteiger partial charge in [0.15, 0.2) is 0 Å². The molecule has 0 aliphatic rings. The van der Waals surface area contributed by atoms with Crippen molar-refractivity contribution in [1.29, 1.82) is 0 Å². The van der Waals surface area contributed by atoms with Crippen molar-refractivity contribution in [2.24, 2.45) is 0 Å². The summed E-state index contributed by atoms with van der Waals surface area (Å²) in [5.74, 6) is -0.522. The van der Waals surface area contributed by atoms with Gasteiger partial charge in [0, 0.05) is 13.1 Å². The van der Waals surface area contributed by atoms with Crippen LogP contribution in [0.5, 0.6) is 0 Å². The summed E-state index contributed by atoms with van der Waals surface area (Å²) in [5, 5.41) is 2.49. The number of unbranched alkanes of at least 4 members (excludes halogenated alkanes) is 2. The van der Waals surface area contributed by atoms with Crippen molar-refractivity contribution in [2.75, 3.05) is 27.3 Å². The first-order chi connectivity index (χ1) is 9.10. The molecule has 108 valence electrons. The molecule has 0 saturated carbocycles. The maximum absolute atomic E-state index is 11.3. The summed E-state index contributed by atoms with van der Waals surface area (Å²) in [6.07, 6.45) is 4.80. The maximum atomic E-state index is 11.3. The van der Waals surface area contributed by atoms with E-state index in [1.807, 2.05) is 0 Å². The monoisotopic (exact) mass is 270 g/mol. The van der Waals surface area contributed by atoms with Gasteiger partial charge in [-0.1, -0.05) is 13.2 Å². The number of rotatable bonds is 10. The standard InChI is InChI=1S/C13H22N2O4/c1-5-12(16)14(18-3)10-8-7-9-11-15(19-4)13(17)6-2/h5-6H,1-2,7-11H2,3-4H3. The minimum Gasteiger partial charge on any atom is -0.274 e. The van der Waals surface area contributed by atoms with Gasteiger partial charge in [0.2, 0.25) is 0 Å². The zero-order valence-corrected chi connectivity index (χ0v) is 11.6. The van der Waals surface area contributed by atoms with Gasteiger partial charge in [-0.3, -0.25) is 19.3 Å². The Morgan fingerprint density at radius 1 is 0.895 bits per heavy atom. The van der Waals surface area contributed by atoms with Crippen LogP contribution in [0.25, 0.3) is 0 Å². The summed E-state index contributed by atoms with van der Waals surface area (Å²) in [4.78, 5) is 32.4. The number of carbonyl (C=O) groups is 2. The van der Waals surface area contributed by atoms with Gasteiger partial charge in [-0.2, -0.15) is 0 Å². The second kappa shape index (κ2) is 10.3. The first-order valence-electron chi connectivity index (χ1n) is 6.06. The van der Waals surface area contributed by atoms with Crippen molar-refractivity contribution in [1.82, 2.24) is 10.1 Å². The van der Waals surface area contributed by atoms with Crippen LogP contribution in [0.15, 0.2) is 25.3 Å². The lowest BCUT2D eigenvalue weighted by molar-refractivity contribution is -0.171. The van der Waals surface area contributed by atoms with Gasteiger partial charge in [-0.05, 0) is 31.4 Å². The summed E-state index contributed by atoms with van der Waals surface area (Å²) in [6.45, 7) is 7.77. The third-order valence-electron chi connectivity index (χ3n) is 2.50. The molecule has 19 heavy (non-hydrogen) atoms. The fraction of sp³-hybridized carbons (Fsp3) is 0.538. The predicted molar refractivity (Wildman–Crippen MR) is 71.7 cm³/mol. The molecule has 0 saturated heterocycles. The van der Waals surface area contributed by atoms with E-state index in [1.165, 1.54) is 36.5 Å². The number of amides is 2. The number of hydrogen-bond donors (Lipinski definition) is 0. The molecule has 0 aliphatic carbocycles. The molecular weight excluding hydrogens is 248 g/mol. The zero-order chi connectivity index (χ0) is 14.7. The van der Waals surface area contributed by atoms with Crippen LogP contribution in [-0.4, -0.2) is 49.2 Å². The highest BCUT2D eigenvalue weighted by Crippen LogP contribution is 2.03. The summed E-state index contributed by atoms with van der Waals surface area (Å²) in [6, 6.07) is 0. The highest BCUT2D eigenvalue weighted by Gasteiger charge is 2.10. The third kappa shape index (κ3) is 6.73. The lowest BCUT2D eigenvalue weighted by atomic mass is 10.2. The molecule has 6 heteroatoms. The van der Waals surface area contributed by atoms with E-state index in [9.17, 15) is 9.59 Å². The van der Waals surface area contributed by atoms with Crippen LogP contribution >= 0.6 is 0 Å². The molecule has 0 bridgehead atoms. The average molecular weight is 270 g/mol. The molecular formula is C13H22N2O4. The maximum Gasteiger partial charge on any atom is 0.269 e. The van der Waals surface area contributed by atoms with Crippen molar-refractivity contribution < 1.29 is 19.3 Å². The van der Waals surface area contributed by atoms with E-state index >= 15 is 0 Å². The molecule has 0 N–H and O–H groups in total. The number of carbonyl (C=O) groups excluding carboxylic acids is 2.